The molecule has 5 aliphatic carbocycles. The molecule has 7 atom stereocenters. The summed E-state index contributed by atoms with van der Waals surface area (Å²) in [6.45, 7) is 16.8. The van der Waals surface area contributed by atoms with Crippen molar-refractivity contribution in [1.82, 2.24) is 0 Å². The van der Waals surface area contributed by atoms with Crippen molar-refractivity contribution < 1.29 is 19.4 Å². The van der Waals surface area contributed by atoms with Crippen LogP contribution in [0.25, 0.3) is 0 Å². The molecule has 0 spiro atoms. The van der Waals surface area contributed by atoms with E-state index in [4.69, 9.17) is 4.74 Å². The molecule has 0 aromatic rings. The third-order valence-electron chi connectivity index (χ3n) is 13.1. The molecule has 4 fully saturated rings. The number of carbonyl (C=O) groups is 2. The van der Waals surface area contributed by atoms with E-state index in [-0.39, 0.29) is 44.7 Å². The van der Waals surface area contributed by atoms with E-state index in [1.54, 1.807) is 7.11 Å². The van der Waals surface area contributed by atoms with E-state index in [9.17, 15) is 14.7 Å². The highest BCUT2D eigenvalue weighted by Crippen LogP contribution is 2.75. The molecule has 0 aromatic carbocycles. The van der Waals surface area contributed by atoms with E-state index in [2.05, 4.69) is 40.7 Å². The zero-order chi connectivity index (χ0) is 27.2. The fraction of sp³-hybridized carbons (Fsp3) is 0.818. The maximum Gasteiger partial charge on any atom is 0.167 e. The van der Waals surface area contributed by atoms with Gasteiger partial charge in [-0.2, -0.15) is 0 Å². The third kappa shape index (κ3) is 3.49. The Bertz CT molecular complexity index is 1060. The van der Waals surface area contributed by atoms with Gasteiger partial charge in [-0.1, -0.05) is 54.0 Å². The summed E-state index contributed by atoms with van der Waals surface area (Å²) in [5.41, 5.74) is 1.17. The molecule has 0 aliphatic heterocycles. The molecular formula is C33H50O4. The number of hydrogen-bond donors (Lipinski definition) is 1. The SMILES string of the molecule is COCC[C@]12CCC(C)(C)CC1C1C(=O)C=C3[C@@]4(C)C/C(=C/O)C(=O)C(C)(C)[C@@H]4CC[C@@]3(C)[C@]1(C)CC2. The van der Waals surface area contributed by atoms with Crippen molar-refractivity contribution >= 4 is 11.6 Å². The molecule has 0 aromatic heterocycles. The lowest BCUT2D eigenvalue weighted by molar-refractivity contribution is -0.176. The highest BCUT2D eigenvalue weighted by molar-refractivity contribution is 6.01. The van der Waals surface area contributed by atoms with Gasteiger partial charge in [-0.05, 0) is 103 Å². The van der Waals surface area contributed by atoms with Gasteiger partial charge >= 0.3 is 0 Å². The van der Waals surface area contributed by atoms with Crippen LogP contribution in [0.5, 0.6) is 0 Å². The maximum atomic E-state index is 14.5. The van der Waals surface area contributed by atoms with Gasteiger partial charge in [-0.3, -0.25) is 9.59 Å². The lowest BCUT2D eigenvalue weighted by atomic mass is 9.33. The first-order valence-electron chi connectivity index (χ1n) is 14.8. The third-order valence-corrected chi connectivity index (χ3v) is 13.1. The van der Waals surface area contributed by atoms with Crippen molar-refractivity contribution in [3.05, 3.63) is 23.5 Å². The molecule has 5 rings (SSSR count). The molecular weight excluding hydrogens is 460 g/mol. The summed E-state index contributed by atoms with van der Waals surface area (Å²) >= 11 is 0. The summed E-state index contributed by atoms with van der Waals surface area (Å²) in [6, 6.07) is 0. The van der Waals surface area contributed by atoms with E-state index in [0.717, 1.165) is 45.0 Å². The first kappa shape index (κ1) is 27.2. The minimum atomic E-state index is -0.556. The van der Waals surface area contributed by atoms with Crippen molar-refractivity contribution in [2.75, 3.05) is 13.7 Å². The maximum absolute atomic E-state index is 14.5. The topological polar surface area (TPSA) is 63.6 Å². The molecule has 206 valence electrons. The van der Waals surface area contributed by atoms with Crippen molar-refractivity contribution in [1.29, 1.82) is 0 Å². The number of methoxy groups -OCH3 is 1. The number of fused-ring (bicyclic) bond motifs is 7. The van der Waals surface area contributed by atoms with Crippen LogP contribution >= 0.6 is 0 Å². The van der Waals surface area contributed by atoms with Crippen LogP contribution in [0.15, 0.2) is 23.5 Å². The van der Waals surface area contributed by atoms with E-state index in [0.29, 0.717) is 23.7 Å². The second-order valence-electron chi connectivity index (χ2n) is 15.7. The highest BCUT2D eigenvalue weighted by atomic mass is 16.5. The predicted molar refractivity (Wildman–Crippen MR) is 147 cm³/mol. The number of aliphatic hydroxyl groups is 1. The van der Waals surface area contributed by atoms with Crippen LogP contribution in [0, 0.1) is 50.2 Å². The summed E-state index contributed by atoms with van der Waals surface area (Å²) in [5, 5.41) is 10.0. The normalized spacial score (nSPS) is 47.4. The van der Waals surface area contributed by atoms with Gasteiger partial charge < -0.3 is 9.84 Å². The van der Waals surface area contributed by atoms with Crippen LogP contribution in [0.3, 0.4) is 0 Å². The Morgan fingerprint density at radius 3 is 2.32 bits per heavy atom. The van der Waals surface area contributed by atoms with Gasteiger partial charge in [0.25, 0.3) is 0 Å². The van der Waals surface area contributed by atoms with Gasteiger partial charge in [0.1, 0.15) is 0 Å². The van der Waals surface area contributed by atoms with Crippen molar-refractivity contribution in [3.63, 3.8) is 0 Å². The van der Waals surface area contributed by atoms with Crippen LogP contribution in [0.4, 0.5) is 0 Å². The van der Waals surface area contributed by atoms with Gasteiger partial charge in [0.15, 0.2) is 11.6 Å². The lowest BCUT2D eigenvalue weighted by Gasteiger charge is -2.70. The molecule has 4 saturated carbocycles. The summed E-state index contributed by atoms with van der Waals surface area (Å²) < 4.78 is 5.61. The summed E-state index contributed by atoms with van der Waals surface area (Å²) in [4.78, 5) is 27.8. The highest BCUT2D eigenvalue weighted by Gasteiger charge is 2.70. The zero-order valence-electron chi connectivity index (χ0n) is 24.6. The number of aliphatic hydroxyl groups excluding tert-OH is 1. The fourth-order valence-corrected chi connectivity index (χ4v) is 10.8. The quantitative estimate of drug-likeness (QED) is 0.313. The Kier molecular flexibility index (Phi) is 6.09. The molecule has 0 amide bonds. The molecule has 37 heavy (non-hydrogen) atoms. The Labute approximate surface area is 224 Å². The summed E-state index contributed by atoms with van der Waals surface area (Å²) in [5.74, 6) is 0.984. The van der Waals surface area contributed by atoms with Crippen molar-refractivity contribution in [3.8, 4) is 0 Å². The Morgan fingerprint density at radius 2 is 1.68 bits per heavy atom. The number of rotatable bonds is 3. The average molecular weight is 511 g/mol. The summed E-state index contributed by atoms with van der Waals surface area (Å²) in [6.07, 6.45) is 12.5. The molecule has 0 bridgehead atoms. The Hall–Kier alpha value is -1.42. The first-order valence-corrected chi connectivity index (χ1v) is 14.8. The van der Waals surface area contributed by atoms with Gasteiger partial charge in [0.05, 0.1) is 6.26 Å². The van der Waals surface area contributed by atoms with Crippen LogP contribution in [0.2, 0.25) is 0 Å². The Morgan fingerprint density at radius 1 is 1.00 bits per heavy atom. The van der Waals surface area contributed by atoms with Gasteiger partial charge in [0, 0.05) is 30.6 Å². The van der Waals surface area contributed by atoms with E-state index < -0.39 is 5.41 Å². The van der Waals surface area contributed by atoms with Crippen LogP contribution < -0.4 is 0 Å². The van der Waals surface area contributed by atoms with Gasteiger partial charge in [-0.15, -0.1) is 0 Å². The molecule has 4 heteroatoms. The molecule has 4 nitrogen and oxygen atoms in total. The second-order valence-corrected chi connectivity index (χ2v) is 15.7. The predicted octanol–water partition coefficient (Wildman–Crippen LogP) is 7.62. The molecule has 5 aliphatic rings. The minimum Gasteiger partial charge on any atom is -0.515 e. The molecule has 0 saturated heterocycles. The van der Waals surface area contributed by atoms with Crippen LogP contribution in [-0.2, 0) is 14.3 Å². The van der Waals surface area contributed by atoms with E-state index >= 15 is 0 Å². The molecule has 0 radical (unpaired) electrons. The van der Waals surface area contributed by atoms with Crippen LogP contribution in [-0.4, -0.2) is 30.4 Å². The largest absolute Gasteiger partial charge is 0.515 e. The molecule has 2 unspecified atom stereocenters. The number of ketones is 2. The summed E-state index contributed by atoms with van der Waals surface area (Å²) in [7, 11) is 1.80. The van der Waals surface area contributed by atoms with E-state index in [1.165, 1.54) is 24.8 Å². The Balaban J connectivity index is 1.64. The number of carbonyl (C=O) groups excluding carboxylic acids is 2. The average Bonchev–Trinajstić information content (AvgIpc) is 2.82. The number of allylic oxidation sites excluding steroid dienone is 3. The standard InChI is InChI=1S/C33H50O4/c1-28(2)11-13-33(15-16-37-8)14-12-32(7)26(22(33)19-28)23(35)17-25-30(5)18-21(20-34)27(36)29(3,4)24(30)9-10-31(25,32)6/h17,20,22,24,26,34H,9-16,18-19H2,1-8H3/b21-20-/t22?,24-,26?,30-,31+,32+,33+/m0/s1. The van der Waals surface area contributed by atoms with Gasteiger partial charge in [0.2, 0.25) is 0 Å². The zero-order valence-corrected chi connectivity index (χ0v) is 24.6. The fourth-order valence-electron chi connectivity index (χ4n) is 10.8. The van der Waals surface area contributed by atoms with Crippen molar-refractivity contribution in [2.24, 2.45) is 50.2 Å². The number of hydrogen-bond acceptors (Lipinski definition) is 4. The minimum absolute atomic E-state index is 0.0395. The second kappa shape index (κ2) is 8.29. The van der Waals surface area contributed by atoms with Gasteiger partial charge in [-0.25, -0.2) is 0 Å². The molecule has 1 N–H and O–H groups in total. The first-order chi connectivity index (χ1) is 17.1. The lowest BCUT2D eigenvalue weighted by Crippen LogP contribution is -2.65. The number of ether oxygens (including phenoxy) is 1. The van der Waals surface area contributed by atoms with E-state index in [1.807, 2.05) is 13.8 Å². The smallest absolute Gasteiger partial charge is 0.167 e. The van der Waals surface area contributed by atoms with Crippen molar-refractivity contribution in [2.45, 2.75) is 106 Å². The monoisotopic (exact) mass is 510 g/mol. The molecule has 0 heterocycles. The number of Topliss-reactive ketones (excluding diaryl/α,β-unsaturated/α-hetero) is 1. The van der Waals surface area contributed by atoms with Crippen LogP contribution in [0.1, 0.15) is 106 Å².